The average molecular weight is 298 g/mol. The minimum Gasteiger partial charge on any atom is -0.496 e. The highest BCUT2D eigenvalue weighted by atomic mass is 35.5. The largest absolute Gasteiger partial charge is 0.496 e. The van der Waals surface area contributed by atoms with Gasteiger partial charge in [-0.15, -0.1) is 0 Å². The van der Waals surface area contributed by atoms with Crippen LogP contribution in [0.3, 0.4) is 0 Å². The molecule has 2 rings (SSSR count). The van der Waals surface area contributed by atoms with Gasteiger partial charge in [0.2, 0.25) is 0 Å². The van der Waals surface area contributed by atoms with Gasteiger partial charge in [0, 0.05) is 16.6 Å². The zero-order valence-corrected chi connectivity index (χ0v) is 11.6. The number of methoxy groups -OCH3 is 1. The molecule has 106 valence electrons. The third-order valence-corrected chi connectivity index (χ3v) is 3.30. The van der Waals surface area contributed by atoms with Crippen LogP contribution in [-0.4, -0.2) is 7.11 Å². The quantitative estimate of drug-likeness (QED) is 0.930. The summed E-state index contributed by atoms with van der Waals surface area (Å²) < 4.78 is 32.0. The van der Waals surface area contributed by atoms with Gasteiger partial charge in [0.1, 0.15) is 5.75 Å². The Hall–Kier alpha value is -1.65. The van der Waals surface area contributed by atoms with E-state index < -0.39 is 17.7 Å². The van der Waals surface area contributed by atoms with E-state index in [1.807, 2.05) is 0 Å². The van der Waals surface area contributed by atoms with Crippen molar-refractivity contribution >= 4 is 11.6 Å². The van der Waals surface area contributed by atoms with E-state index >= 15 is 0 Å². The molecule has 0 aromatic heterocycles. The fourth-order valence-corrected chi connectivity index (χ4v) is 2.23. The van der Waals surface area contributed by atoms with Crippen LogP contribution in [0, 0.1) is 11.6 Å². The molecule has 0 saturated carbocycles. The summed E-state index contributed by atoms with van der Waals surface area (Å²) in [6, 6.07) is 8.54. The SMILES string of the molecule is COc1ccc(Cl)cc1C(N)Cc1cccc(F)c1F. The normalized spacial score (nSPS) is 12.2. The van der Waals surface area contributed by atoms with Gasteiger partial charge < -0.3 is 10.5 Å². The van der Waals surface area contributed by atoms with Crippen LogP contribution in [0.5, 0.6) is 5.75 Å². The first-order valence-electron chi connectivity index (χ1n) is 6.05. The van der Waals surface area contributed by atoms with Crippen molar-refractivity contribution in [2.75, 3.05) is 7.11 Å². The summed E-state index contributed by atoms with van der Waals surface area (Å²) in [4.78, 5) is 0. The number of nitrogens with two attached hydrogens (primary N) is 1. The van der Waals surface area contributed by atoms with Crippen LogP contribution in [-0.2, 0) is 6.42 Å². The van der Waals surface area contributed by atoms with Crippen LogP contribution in [0.2, 0.25) is 5.02 Å². The molecule has 1 atom stereocenters. The van der Waals surface area contributed by atoms with Crippen molar-refractivity contribution in [2.45, 2.75) is 12.5 Å². The summed E-state index contributed by atoms with van der Waals surface area (Å²) in [5.74, 6) is -1.18. The molecular weight excluding hydrogens is 284 g/mol. The highest BCUT2D eigenvalue weighted by molar-refractivity contribution is 6.30. The van der Waals surface area contributed by atoms with E-state index in [0.717, 1.165) is 6.07 Å². The van der Waals surface area contributed by atoms with Crippen molar-refractivity contribution in [1.82, 2.24) is 0 Å². The Balaban J connectivity index is 2.30. The smallest absolute Gasteiger partial charge is 0.162 e. The molecule has 0 radical (unpaired) electrons. The molecule has 0 heterocycles. The molecule has 20 heavy (non-hydrogen) atoms. The molecule has 0 aliphatic rings. The Morgan fingerprint density at radius 3 is 2.70 bits per heavy atom. The highest BCUT2D eigenvalue weighted by Gasteiger charge is 2.16. The van der Waals surface area contributed by atoms with Crippen molar-refractivity contribution in [3.63, 3.8) is 0 Å². The second-order valence-corrected chi connectivity index (χ2v) is 4.85. The Morgan fingerprint density at radius 2 is 2.00 bits per heavy atom. The van der Waals surface area contributed by atoms with Gasteiger partial charge in [0.25, 0.3) is 0 Å². The lowest BCUT2D eigenvalue weighted by atomic mass is 9.98. The van der Waals surface area contributed by atoms with Gasteiger partial charge in [0.15, 0.2) is 11.6 Å². The van der Waals surface area contributed by atoms with E-state index in [1.54, 1.807) is 18.2 Å². The van der Waals surface area contributed by atoms with Gasteiger partial charge in [-0.3, -0.25) is 0 Å². The zero-order chi connectivity index (χ0) is 14.7. The Bertz CT molecular complexity index is 619. The van der Waals surface area contributed by atoms with Gasteiger partial charge >= 0.3 is 0 Å². The molecule has 5 heteroatoms. The summed E-state index contributed by atoms with van der Waals surface area (Å²) in [5.41, 5.74) is 6.94. The van der Waals surface area contributed by atoms with Gasteiger partial charge in [-0.05, 0) is 36.2 Å². The second kappa shape index (κ2) is 6.20. The fraction of sp³-hybridized carbons (Fsp3) is 0.200. The molecule has 0 spiro atoms. The maximum atomic E-state index is 13.7. The summed E-state index contributed by atoms with van der Waals surface area (Å²) in [7, 11) is 1.52. The summed E-state index contributed by atoms with van der Waals surface area (Å²) >= 11 is 5.93. The number of hydrogen-bond acceptors (Lipinski definition) is 2. The molecule has 0 saturated heterocycles. The number of benzene rings is 2. The van der Waals surface area contributed by atoms with Crippen molar-refractivity contribution in [3.8, 4) is 5.75 Å². The van der Waals surface area contributed by atoms with Crippen molar-refractivity contribution in [3.05, 3.63) is 64.2 Å². The maximum Gasteiger partial charge on any atom is 0.162 e. The van der Waals surface area contributed by atoms with Gasteiger partial charge in [0.05, 0.1) is 7.11 Å². The monoisotopic (exact) mass is 297 g/mol. The number of rotatable bonds is 4. The van der Waals surface area contributed by atoms with Crippen LogP contribution in [0.25, 0.3) is 0 Å². The third kappa shape index (κ3) is 3.08. The lowest BCUT2D eigenvalue weighted by molar-refractivity contribution is 0.405. The van der Waals surface area contributed by atoms with Crippen LogP contribution in [0.15, 0.2) is 36.4 Å². The molecule has 0 aliphatic carbocycles. The first-order chi connectivity index (χ1) is 9.52. The molecule has 2 aromatic rings. The number of ether oxygens (including phenoxy) is 1. The number of hydrogen-bond donors (Lipinski definition) is 1. The molecule has 0 bridgehead atoms. The topological polar surface area (TPSA) is 35.2 Å². The molecule has 0 aliphatic heterocycles. The molecule has 2 aromatic carbocycles. The van der Waals surface area contributed by atoms with Crippen LogP contribution in [0.1, 0.15) is 17.2 Å². The van der Waals surface area contributed by atoms with Crippen LogP contribution in [0.4, 0.5) is 8.78 Å². The zero-order valence-electron chi connectivity index (χ0n) is 10.9. The summed E-state index contributed by atoms with van der Waals surface area (Å²) in [5, 5.41) is 0.510. The van der Waals surface area contributed by atoms with Crippen LogP contribution >= 0.6 is 11.6 Å². The molecule has 0 amide bonds. The standard InChI is InChI=1S/C15H14ClF2NO/c1-20-14-6-5-10(16)8-11(14)13(19)7-9-3-2-4-12(17)15(9)18/h2-6,8,13H,7,19H2,1H3. The molecule has 0 fully saturated rings. The third-order valence-electron chi connectivity index (χ3n) is 3.06. The van der Waals surface area contributed by atoms with Gasteiger partial charge in [-0.25, -0.2) is 8.78 Å². The number of halogens is 3. The summed E-state index contributed by atoms with van der Waals surface area (Å²) in [6.45, 7) is 0. The van der Waals surface area contributed by atoms with Crippen molar-refractivity contribution in [1.29, 1.82) is 0 Å². The average Bonchev–Trinajstić information content (AvgIpc) is 2.43. The van der Waals surface area contributed by atoms with E-state index in [-0.39, 0.29) is 12.0 Å². The Kier molecular flexibility index (Phi) is 4.57. The van der Waals surface area contributed by atoms with E-state index in [1.165, 1.54) is 19.2 Å². The second-order valence-electron chi connectivity index (χ2n) is 4.41. The lowest BCUT2D eigenvalue weighted by Crippen LogP contribution is -2.15. The van der Waals surface area contributed by atoms with E-state index in [9.17, 15) is 8.78 Å². The van der Waals surface area contributed by atoms with Crippen LogP contribution < -0.4 is 10.5 Å². The maximum absolute atomic E-state index is 13.7. The predicted octanol–water partition coefficient (Wildman–Crippen LogP) is 3.87. The fourth-order valence-electron chi connectivity index (χ4n) is 2.05. The first-order valence-corrected chi connectivity index (χ1v) is 6.42. The highest BCUT2D eigenvalue weighted by Crippen LogP contribution is 2.29. The molecule has 1 unspecified atom stereocenters. The van der Waals surface area contributed by atoms with Gasteiger partial charge in [-0.2, -0.15) is 0 Å². The van der Waals surface area contributed by atoms with Crippen molar-refractivity contribution < 1.29 is 13.5 Å². The lowest BCUT2D eigenvalue weighted by Gasteiger charge is -2.16. The Labute approximate surface area is 121 Å². The summed E-state index contributed by atoms with van der Waals surface area (Å²) in [6.07, 6.45) is 0.153. The molecular formula is C15H14ClF2NO. The van der Waals surface area contributed by atoms with E-state index in [2.05, 4.69) is 0 Å². The Morgan fingerprint density at radius 1 is 1.25 bits per heavy atom. The molecule has 2 nitrogen and oxygen atoms in total. The predicted molar refractivity (Wildman–Crippen MR) is 75.0 cm³/mol. The minimum absolute atomic E-state index is 0.153. The van der Waals surface area contributed by atoms with E-state index in [0.29, 0.717) is 16.3 Å². The van der Waals surface area contributed by atoms with Crippen molar-refractivity contribution in [2.24, 2.45) is 5.73 Å². The van der Waals surface area contributed by atoms with Gasteiger partial charge in [-0.1, -0.05) is 23.7 Å². The minimum atomic E-state index is -0.882. The molecule has 2 N–H and O–H groups in total. The van der Waals surface area contributed by atoms with E-state index in [4.69, 9.17) is 22.1 Å². The first kappa shape index (κ1) is 14.8.